The van der Waals surface area contributed by atoms with Crippen LogP contribution in [0, 0.1) is 10.8 Å². The maximum Gasteiger partial charge on any atom is 0.227 e. The van der Waals surface area contributed by atoms with E-state index in [1.54, 1.807) is 0 Å². The highest BCUT2D eigenvalue weighted by atomic mass is 16.5. The Bertz CT molecular complexity index is 276. The van der Waals surface area contributed by atoms with Gasteiger partial charge in [0.25, 0.3) is 0 Å². The first-order chi connectivity index (χ1) is 8.10. The molecule has 1 amide bonds. The molecule has 1 aliphatic heterocycles. The summed E-state index contributed by atoms with van der Waals surface area (Å²) in [7, 11) is 0. The molecule has 4 nitrogen and oxygen atoms in total. The fourth-order valence-electron chi connectivity index (χ4n) is 2.65. The molecule has 0 aromatic carbocycles. The summed E-state index contributed by atoms with van der Waals surface area (Å²) in [4.78, 5) is 12.1. The van der Waals surface area contributed by atoms with Gasteiger partial charge in [0.1, 0.15) is 0 Å². The zero-order valence-electron chi connectivity index (χ0n) is 10.8. The van der Waals surface area contributed by atoms with Crippen molar-refractivity contribution in [1.29, 1.82) is 0 Å². The first-order valence-electron chi connectivity index (χ1n) is 6.66. The maximum absolute atomic E-state index is 12.1. The molecule has 2 aliphatic rings. The first-order valence-corrected chi connectivity index (χ1v) is 6.66. The van der Waals surface area contributed by atoms with E-state index in [-0.39, 0.29) is 16.7 Å². The Labute approximate surface area is 103 Å². The van der Waals surface area contributed by atoms with Crippen LogP contribution in [0.4, 0.5) is 0 Å². The van der Waals surface area contributed by atoms with E-state index in [0.29, 0.717) is 6.54 Å². The number of rotatable bonds is 4. The van der Waals surface area contributed by atoms with Crippen molar-refractivity contribution in [1.82, 2.24) is 5.32 Å². The van der Waals surface area contributed by atoms with E-state index in [0.717, 1.165) is 51.9 Å². The molecule has 4 heteroatoms. The van der Waals surface area contributed by atoms with Crippen LogP contribution in [0.3, 0.4) is 0 Å². The lowest BCUT2D eigenvalue weighted by molar-refractivity contribution is -0.136. The van der Waals surface area contributed by atoms with Crippen molar-refractivity contribution in [2.75, 3.05) is 26.3 Å². The molecule has 2 rings (SSSR count). The molecule has 0 aromatic heterocycles. The average molecular weight is 240 g/mol. The van der Waals surface area contributed by atoms with Crippen molar-refractivity contribution in [2.24, 2.45) is 16.6 Å². The topological polar surface area (TPSA) is 64.4 Å². The van der Waals surface area contributed by atoms with E-state index < -0.39 is 0 Å². The van der Waals surface area contributed by atoms with Crippen LogP contribution in [-0.2, 0) is 9.53 Å². The number of hydrogen-bond donors (Lipinski definition) is 2. The number of carbonyl (C=O) groups excluding carboxylic acids is 1. The Kier molecular flexibility index (Phi) is 3.73. The Morgan fingerprint density at radius 2 is 1.94 bits per heavy atom. The molecular weight excluding hydrogens is 216 g/mol. The van der Waals surface area contributed by atoms with Gasteiger partial charge in [0.15, 0.2) is 0 Å². The highest BCUT2D eigenvalue weighted by Gasteiger charge is 2.43. The normalized spacial score (nSPS) is 26.0. The summed E-state index contributed by atoms with van der Waals surface area (Å²) >= 11 is 0. The molecule has 2 fully saturated rings. The lowest BCUT2D eigenvalue weighted by Gasteiger charge is -2.41. The van der Waals surface area contributed by atoms with Crippen molar-refractivity contribution < 1.29 is 9.53 Å². The standard InChI is InChI=1S/C13H24N2O2/c1-12(5-7-17-8-6-12)10-15-11(16)13(9-14)3-2-4-13/h2-10,14H2,1H3,(H,15,16). The molecule has 0 aromatic rings. The van der Waals surface area contributed by atoms with Crippen LogP contribution in [-0.4, -0.2) is 32.2 Å². The molecule has 0 spiro atoms. The minimum absolute atomic E-state index is 0.166. The molecule has 0 bridgehead atoms. The Hall–Kier alpha value is -0.610. The van der Waals surface area contributed by atoms with Crippen LogP contribution in [0.15, 0.2) is 0 Å². The Balaban J connectivity index is 1.83. The highest BCUT2D eigenvalue weighted by molar-refractivity contribution is 5.83. The smallest absolute Gasteiger partial charge is 0.227 e. The van der Waals surface area contributed by atoms with Gasteiger partial charge in [0.05, 0.1) is 5.41 Å². The third-order valence-electron chi connectivity index (χ3n) is 4.56. The van der Waals surface area contributed by atoms with Crippen LogP contribution in [0.25, 0.3) is 0 Å². The van der Waals surface area contributed by atoms with E-state index in [1.165, 1.54) is 0 Å². The van der Waals surface area contributed by atoms with Crippen LogP contribution in [0.1, 0.15) is 39.0 Å². The summed E-state index contributed by atoms with van der Waals surface area (Å²) in [6.07, 6.45) is 5.10. The average Bonchev–Trinajstić information content (AvgIpc) is 2.27. The molecule has 1 saturated carbocycles. The minimum Gasteiger partial charge on any atom is -0.381 e. The van der Waals surface area contributed by atoms with E-state index in [4.69, 9.17) is 10.5 Å². The molecule has 1 saturated heterocycles. The monoisotopic (exact) mass is 240 g/mol. The summed E-state index contributed by atoms with van der Waals surface area (Å²) in [6.45, 7) is 5.10. The van der Waals surface area contributed by atoms with Gasteiger partial charge in [-0.15, -0.1) is 0 Å². The SMILES string of the molecule is CC1(CNC(=O)C2(CN)CCC2)CCOCC1. The van der Waals surface area contributed by atoms with Gasteiger partial charge in [-0.2, -0.15) is 0 Å². The molecule has 0 atom stereocenters. The van der Waals surface area contributed by atoms with Gasteiger partial charge >= 0.3 is 0 Å². The second-order valence-electron chi connectivity index (χ2n) is 5.94. The molecule has 0 radical (unpaired) electrons. The Morgan fingerprint density at radius 1 is 1.29 bits per heavy atom. The summed E-state index contributed by atoms with van der Waals surface area (Å²) in [5.74, 6) is 0.166. The maximum atomic E-state index is 12.1. The first kappa shape index (κ1) is 12.8. The van der Waals surface area contributed by atoms with Gasteiger partial charge in [-0.25, -0.2) is 0 Å². The van der Waals surface area contributed by atoms with Gasteiger partial charge < -0.3 is 15.8 Å². The van der Waals surface area contributed by atoms with Crippen LogP contribution in [0.5, 0.6) is 0 Å². The molecule has 1 aliphatic carbocycles. The number of carbonyl (C=O) groups is 1. The van der Waals surface area contributed by atoms with Crippen molar-refractivity contribution in [2.45, 2.75) is 39.0 Å². The van der Waals surface area contributed by atoms with Gasteiger partial charge in [-0.05, 0) is 31.1 Å². The van der Waals surface area contributed by atoms with Gasteiger partial charge in [-0.1, -0.05) is 13.3 Å². The van der Waals surface area contributed by atoms with Gasteiger partial charge in [-0.3, -0.25) is 4.79 Å². The van der Waals surface area contributed by atoms with Crippen LogP contribution < -0.4 is 11.1 Å². The molecule has 98 valence electrons. The third-order valence-corrected chi connectivity index (χ3v) is 4.56. The van der Waals surface area contributed by atoms with E-state index in [2.05, 4.69) is 12.2 Å². The lowest BCUT2D eigenvalue weighted by Crippen LogP contribution is -2.52. The highest BCUT2D eigenvalue weighted by Crippen LogP contribution is 2.40. The lowest BCUT2D eigenvalue weighted by atomic mass is 9.68. The molecule has 3 N–H and O–H groups in total. The quantitative estimate of drug-likeness (QED) is 0.772. The summed E-state index contributed by atoms with van der Waals surface area (Å²) in [5.41, 5.74) is 5.68. The number of ether oxygens (including phenoxy) is 1. The summed E-state index contributed by atoms with van der Waals surface area (Å²) in [5, 5.41) is 3.11. The predicted molar refractivity (Wildman–Crippen MR) is 66.5 cm³/mol. The Morgan fingerprint density at radius 3 is 2.41 bits per heavy atom. The minimum atomic E-state index is -0.248. The van der Waals surface area contributed by atoms with Gasteiger partial charge in [0, 0.05) is 26.3 Å². The van der Waals surface area contributed by atoms with E-state index in [9.17, 15) is 4.79 Å². The summed E-state index contributed by atoms with van der Waals surface area (Å²) < 4.78 is 5.36. The zero-order chi connectivity index (χ0) is 12.4. The van der Waals surface area contributed by atoms with Crippen molar-refractivity contribution >= 4 is 5.91 Å². The largest absolute Gasteiger partial charge is 0.381 e. The molecule has 17 heavy (non-hydrogen) atoms. The summed E-state index contributed by atoms with van der Waals surface area (Å²) in [6, 6.07) is 0. The fourth-order valence-corrected chi connectivity index (χ4v) is 2.65. The van der Waals surface area contributed by atoms with Crippen molar-refractivity contribution in [3.8, 4) is 0 Å². The molecule has 1 heterocycles. The third kappa shape index (κ3) is 2.63. The van der Waals surface area contributed by atoms with Crippen LogP contribution >= 0.6 is 0 Å². The number of nitrogens with one attached hydrogen (secondary N) is 1. The van der Waals surface area contributed by atoms with E-state index in [1.807, 2.05) is 0 Å². The number of amides is 1. The predicted octanol–water partition coefficient (Wildman–Crippen LogP) is 1.05. The zero-order valence-corrected chi connectivity index (χ0v) is 10.8. The number of hydrogen-bond acceptors (Lipinski definition) is 3. The van der Waals surface area contributed by atoms with E-state index >= 15 is 0 Å². The van der Waals surface area contributed by atoms with Crippen LogP contribution in [0.2, 0.25) is 0 Å². The fraction of sp³-hybridized carbons (Fsp3) is 0.923. The number of nitrogens with two attached hydrogens (primary N) is 1. The molecular formula is C13H24N2O2. The van der Waals surface area contributed by atoms with Gasteiger partial charge in [0.2, 0.25) is 5.91 Å². The van der Waals surface area contributed by atoms with Crippen molar-refractivity contribution in [3.63, 3.8) is 0 Å². The second-order valence-corrected chi connectivity index (χ2v) is 5.94. The van der Waals surface area contributed by atoms with Crippen molar-refractivity contribution in [3.05, 3.63) is 0 Å². The second kappa shape index (κ2) is 4.94. The molecule has 0 unspecified atom stereocenters.